The summed E-state index contributed by atoms with van der Waals surface area (Å²) in [6, 6.07) is 4.67. The Morgan fingerprint density at radius 1 is 1.25 bits per heavy atom. The van der Waals surface area contributed by atoms with Crippen molar-refractivity contribution in [2.24, 2.45) is 0 Å². The Morgan fingerprint density at radius 3 is 2.42 bits per heavy atom. The first-order chi connectivity index (χ1) is 5.70. The van der Waals surface area contributed by atoms with Crippen molar-refractivity contribution in [1.29, 1.82) is 0 Å². The number of hydrogen-bond donors (Lipinski definition) is 0. The van der Waals surface area contributed by atoms with Crippen LogP contribution in [0.3, 0.4) is 0 Å². The lowest BCUT2D eigenvalue weighted by molar-refractivity contribution is 0.352. The standard InChI is InChI=1S/C8H7Br2O2/c1-11-6-4-3-5(9)7(10)8(6)12-2/h4H,1-2H3. The first-order valence-electron chi connectivity index (χ1n) is 3.18. The van der Waals surface area contributed by atoms with Gasteiger partial charge in [-0.25, -0.2) is 0 Å². The van der Waals surface area contributed by atoms with Crippen molar-refractivity contribution in [2.45, 2.75) is 0 Å². The van der Waals surface area contributed by atoms with Crippen LogP contribution in [0.4, 0.5) is 0 Å². The summed E-state index contributed by atoms with van der Waals surface area (Å²) >= 11 is 6.66. The summed E-state index contributed by atoms with van der Waals surface area (Å²) in [5, 5.41) is 0. The highest BCUT2D eigenvalue weighted by Gasteiger charge is 2.10. The Hall–Kier alpha value is -0.220. The average molecular weight is 295 g/mol. The number of ether oxygens (including phenoxy) is 2. The number of methoxy groups -OCH3 is 2. The van der Waals surface area contributed by atoms with E-state index in [0.717, 1.165) is 8.95 Å². The molecule has 0 N–H and O–H groups in total. The number of hydrogen-bond acceptors (Lipinski definition) is 2. The highest BCUT2D eigenvalue weighted by molar-refractivity contribution is 9.13. The van der Waals surface area contributed by atoms with Crippen molar-refractivity contribution in [3.63, 3.8) is 0 Å². The zero-order valence-corrected chi connectivity index (χ0v) is 9.82. The van der Waals surface area contributed by atoms with Crippen LogP contribution in [0.1, 0.15) is 0 Å². The van der Waals surface area contributed by atoms with Gasteiger partial charge in [0.05, 0.1) is 18.7 Å². The SMILES string of the molecule is COc1c[c]c(Br)c(Br)c1OC. The fourth-order valence-electron chi connectivity index (χ4n) is 0.807. The largest absolute Gasteiger partial charge is 0.493 e. The van der Waals surface area contributed by atoms with Gasteiger partial charge in [0.25, 0.3) is 0 Å². The number of halogens is 2. The summed E-state index contributed by atoms with van der Waals surface area (Å²) in [5.74, 6) is 1.33. The third kappa shape index (κ3) is 1.75. The van der Waals surface area contributed by atoms with Crippen molar-refractivity contribution in [3.05, 3.63) is 21.1 Å². The summed E-state index contributed by atoms with van der Waals surface area (Å²) < 4.78 is 11.8. The van der Waals surface area contributed by atoms with Gasteiger partial charge >= 0.3 is 0 Å². The second-order valence-corrected chi connectivity index (χ2v) is 3.60. The zero-order valence-electron chi connectivity index (χ0n) is 6.65. The van der Waals surface area contributed by atoms with Crippen molar-refractivity contribution >= 4 is 31.9 Å². The second kappa shape index (κ2) is 4.14. The quantitative estimate of drug-likeness (QED) is 0.835. The van der Waals surface area contributed by atoms with Crippen LogP contribution in [0.2, 0.25) is 0 Å². The van der Waals surface area contributed by atoms with Gasteiger partial charge in [0.1, 0.15) is 0 Å². The van der Waals surface area contributed by atoms with Gasteiger partial charge in [-0.3, -0.25) is 0 Å². The summed E-state index contributed by atoms with van der Waals surface area (Å²) in [6.07, 6.45) is 0. The Morgan fingerprint density at radius 2 is 1.92 bits per heavy atom. The first-order valence-corrected chi connectivity index (χ1v) is 4.77. The molecule has 0 saturated heterocycles. The minimum absolute atomic E-state index is 0.660. The Labute approximate surface area is 88.1 Å². The van der Waals surface area contributed by atoms with Crippen molar-refractivity contribution in [3.8, 4) is 11.5 Å². The van der Waals surface area contributed by atoms with E-state index < -0.39 is 0 Å². The monoisotopic (exact) mass is 293 g/mol. The molecule has 1 aromatic carbocycles. The van der Waals surface area contributed by atoms with Gasteiger partial charge in [0.15, 0.2) is 11.5 Å². The Bertz CT molecular complexity index is 287. The van der Waals surface area contributed by atoms with E-state index in [-0.39, 0.29) is 0 Å². The molecule has 65 valence electrons. The molecule has 1 rings (SSSR count). The van der Waals surface area contributed by atoms with E-state index in [1.165, 1.54) is 0 Å². The van der Waals surface area contributed by atoms with Crippen molar-refractivity contribution in [2.75, 3.05) is 14.2 Å². The lowest BCUT2D eigenvalue weighted by Gasteiger charge is -2.09. The molecule has 4 heteroatoms. The molecule has 0 fully saturated rings. The van der Waals surface area contributed by atoms with E-state index in [9.17, 15) is 0 Å². The van der Waals surface area contributed by atoms with Crippen LogP contribution in [0.15, 0.2) is 15.0 Å². The van der Waals surface area contributed by atoms with Gasteiger partial charge in [-0.1, -0.05) is 0 Å². The van der Waals surface area contributed by atoms with Gasteiger partial charge < -0.3 is 9.47 Å². The Kier molecular flexibility index (Phi) is 3.40. The second-order valence-electron chi connectivity index (χ2n) is 2.02. The Balaban J connectivity index is 3.25. The van der Waals surface area contributed by atoms with E-state index in [1.807, 2.05) is 0 Å². The molecule has 0 aliphatic carbocycles. The maximum Gasteiger partial charge on any atom is 0.176 e. The summed E-state index contributed by atoms with van der Waals surface area (Å²) in [4.78, 5) is 0. The molecule has 2 nitrogen and oxygen atoms in total. The molecule has 0 aliphatic rings. The molecule has 1 radical (unpaired) electrons. The summed E-state index contributed by atoms with van der Waals surface area (Å²) in [6.45, 7) is 0. The molecule has 0 heterocycles. The van der Waals surface area contributed by atoms with Crippen LogP contribution in [-0.2, 0) is 0 Å². The zero-order chi connectivity index (χ0) is 9.14. The third-order valence-electron chi connectivity index (χ3n) is 1.37. The molecular formula is C8H7Br2O2. The molecule has 0 aliphatic heterocycles. The van der Waals surface area contributed by atoms with E-state index in [2.05, 4.69) is 37.9 Å². The highest BCUT2D eigenvalue weighted by atomic mass is 79.9. The predicted octanol–water partition coefficient (Wildman–Crippen LogP) is 3.03. The lowest BCUT2D eigenvalue weighted by atomic mass is 10.3. The minimum Gasteiger partial charge on any atom is -0.493 e. The summed E-state index contributed by atoms with van der Waals surface area (Å²) in [7, 11) is 3.18. The maximum absolute atomic E-state index is 5.13. The van der Waals surface area contributed by atoms with Crippen LogP contribution in [0.25, 0.3) is 0 Å². The lowest BCUT2D eigenvalue weighted by Crippen LogP contribution is -1.91. The van der Waals surface area contributed by atoms with Crippen LogP contribution < -0.4 is 9.47 Å². The third-order valence-corrected chi connectivity index (χ3v) is 3.28. The highest BCUT2D eigenvalue weighted by Crippen LogP contribution is 2.39. The smallest absolute Gasteiger partial charge is 0.176 e. The van der Waals surface area contributed by atoms with Gasteiger partial charge in [-0.05, 0) is 37.9 Å². The maximum atomic E-state index is 5.13. The predicted molar refractivity (Wildman–Crippen MR) is 53.8 cm³/mol. The van der Waals surface area contributed by atoms with Gasteiger partial charge in [-0.15, -0.1) is 0 Å². The molecule has 0 atom stereocenters. The molecular weight excluding hydrogens is 288 g/mol. The van der Waals surface area contributed by atoms with Crippen molar-refractivity contribution in [1.82, 2.24) is 0 Å². The molecule has 12 heavy (non-hydrogen) atoms. The molecule has 0 amide bonds. The van der Waals surface area contributed by atoms with Crippen LogP contribution >= 0.6 is 31.9 Å². The fourth-order valence-corrected chi connectivity index (χ4v) is 1.57. The minimum atomic E-state index is 0.660. The van der Waals surface area contributed by atoms with Crippen molar-refractivity contribution < 1.29 is 9.47 Å². The first kappa shape index (κ1) is 9.86. The van der Waals surface area contributed by atoms with Gasteiger partial charge in [0.2, 0.25) is 0 Å². The van der Waals surface area contributed by atoms with Crippen LogP contribution in [0, 0.1) is 6.07 Å². The van der Waals surface area contributed by atoms with Gasteiger partial charge in [0, 0.05) is 10.5 Å². The average Bonchev–Trinajstić information content (AvgIpc) is 2.09. The molecule has 0 saturated carbocycles. The molecule has 0 bridgehead atoms. The number of rotatable bonds is 2. The molecule has 0 spiro atoms. The molecule has 1 aromatic rings. The van der Waals surface area contributed by atoms with E-state index in [1.54, 1.807) is 20.3 Å². The van der Waals surface area contributed by atoms with E-state index in [0.29, 0.717) is 11.5 Å². The molecule has 0 unspecified atom stereocenters. The molecule has 0 aromatic heterocycles. The van der Waals surface area contributed by atoms with Gasteiger partial charge in [-0.2, -0.15) is 0 Å². The van der Waals surface area contributed by atoms with Crippen LogP contribution in [-0.4, -0.2) is 14.2 Å². The van der Waals surface area contributed by atoms with Crippen LogP contribution in [0.5, 0.6) is 11.5 Å². The topological polar surface area (TPSA) is 18.5 Å². The normalized spacial score (nSPS) is 9.67. The van der Waals surface area contributed by atoms with E-state index >= 15 is 0 Å². The van der Waals surface area contributed by atoms with E-state index in [4.69, 9.17) is 9.47 Å². The number of benzene rings is 1. The summed E-state index contributed by atoms with van der Waals surface area (Å²) in [5.41, 5.74) is 0. The fraction of sp³-hybridized carbons (Fsp3) is 0.250.